The highest BCUT2D eigenvalue weighted by Gasteiger charge is 2.41. The smallest absolute Gasteiger partial charge is 0.408 e. The van der Waals surface area contributed by atoms with E-state index < -0.39 is 41.3 Å². The summed E-state index contributed by atoms with van der Waals surface area (Å²) in [6.07, 6.45) is -0.282. The fourth-order valence-electron chi connectivity index (χ4n) is 1.92. The van der Waals surface area contributed by atoms with Gasteiger partial charge in [0, 0.05) is 6.42 Å². The van der Waals surface area contributed by atoms with Crippen LogP contribution in [-0.2, 0) is 19.1 Å². The van der Waals surface area contributed by atoms with Gasteiger partial charge < -0.3 is 20.1 Å². The van der Waals surface area contributed by atoms with Gasteiger partial charge in [-0.2, -0.15) is 0 Å². The molecule has 2 N–H and O–H groups in total. The molecule has 2 atom stereocenters. The Bertz CT molecular complexity index is 439. The molecule has 120 valence electrons. The van der Waals surface area contributed by atoms with Crippen molar-refractivity contribution >= 4 is 18.0 Å². The maximum Gasteiger partial charge on any atom is 0.408 e. The molecule has 1 aliphatic rings. The average molecular weight is 300 g/mol. The van der Waals surface area contributed by atoms with Crippen molar-refractivity contribution < 1.29 is 23.9 Å². The lowest BCUT2D eigenvalue weighted by molar-refractivity contribution is -0.148. The summed E-state index contributed by atoms with van der Waals surface area (Å²) in [4.78, 5) is 35.1. The molecule has 1 rings (SSSR count). The van der Waals surface area contributed by atoms with Crippen LogP contribution >= 0.6 is 0 Å². The minimum Gasteiger partial charge on any atom is -0.458 e. The lowest BCUT2D eigenvalue weighted by atomic mass is 10.0. The van der Waals surface area contributed by atoms with Gasteiger partial charge in [-0.1, -0.05) is 0 Å². The van der Waals surface area contributed by atoms with Gasteiger partial charge in [0.15, 0.2) is 0 Å². The van der Waals surface area contributed by atoms with Crippen LogP contribution in [0.3, 0.4) is 0 Å². The van der Waals surface area contributed by atoms with Crippen LogP contribution in [-0.4, -0.2) is 41.3 Å². The van der Waals surface area contributed by atoms with Gasteiger partial charge >= 0.3 is 12.1 Å². The van der Waals surface area contributed by atoms with Crippen LogP contribution < -0.4 is 10.6 Å². The Morgan fingerprint density at radius 2 is 1.95 bits per heavy atom. The van der Waals surface area contributed by atoms with Crippen LogP contribution in [0.2, 0.25) is 0 Å². The van der Waals surface area contributed by atoms with Gasteiger partial charge in [0.05, 0.1) is 0 Å². The van der Waals surface area contributed by atoms with Crippen molar-refractivity contribution in [3.8, 4) is 0 Å². The van der Waals surface area contributed by atoms with Crippen LogP contribution in [0.1, 0.15) is 48.0 Å². The second kappa shape index (κ2) is 5.91. The average Bonchev–Trinajstić information content (AvgIpc) is 2.48. The lowest BCUT2D eigenvalue weighted by Gasteiger charge is -2.22. The summed E-state index contributed by atoms with van der Waals surface area (Å²) in [5, 5.41) is 4.99. The maximum atomic E-state index is 12.0. The Morgan fingerprint density at radius 3 is 2.38 bits per heavy atom. The molecule has 0 saturated carbocycles. The molecule has 0 spiro atoms. The van der Waals surface area contributed by atoms with Gasteiger partial charge in [-0.25, -0.2) is 9.59 Å². The van der Waals surface area contributed by atoms with E-state index in [1.807, 2.05) is 0 Å². The van der Waals surface area contributed by atoms with E-state index in [4.69, 9.17) is 9.47 Å². The van der Waals surface area contributed by atoms with Gasteiger partial charge in [-0.05, 0) is 41.5 Å². The fourth-order valence-corrected chi connectivity index (χ4v) is 1.92. The normalized spacial score (nSPS) is 22.2. The molecule has 1 aliphatic heterocycles. The van der Waals surface area contributed by atoms with E-state index in [1.165, 1.54) is 6.92 Å². The Labute approximate surface area is 124 Å². The number of ether oxygens (including phenoxy) is 2. The van der Waals surface area contributed by atoms with Crippen molar-refractivity contribution in [1.82, 2.24) is 10.6 Å². The van der Waals surface area contributed by atoms with Crippen molar-refractivity contribution in [3.63, 3.8) is 0 Å². The molecular weight excluding hydrogens is 276 g/mol. The topological polar surface area (TPSA) is 93.7 Å². The van der Waals surface area contributed by atoms with Crippen LogP contribution in [0.4, 0.5) is 4.79 Å². The molecule has 1 saturated heterocycles. The van der Waals surface area contributed by atoms with Gasteiger partial charge in [0.2, 0.25) is 5.91 Å². The number of alkyl carbamates (subject to hydrolysis) is 1. The number of esters is 1. The summed E-state index contributed by atoms with van der Waals surface area (Å²) in [5.74, 6) is -0.918. The molecule has 1 fully saturated rings. The Balaban J connectivity index is 2.49. The Hall–Kier alpha value is -1.79. The molecule has 1 heterocycles. The van der Waals surface area contributed by atoms with Gasteiger partial charge in [0.25, 0.3) is 0 Å². The summed E-state index contributed by atoms with van der Waals surface area (Å²) in [7, 11) is 0. The first-order valence-electron chi connectivity index (χ1n) is 6.92. The number of cyclic esters (lactones) is 1. The number of hydrogen-bond acceptors (Lipinski definition) is 5. The number of carbonyl (C=O) groups is 3. The highest BCUT2D eigenvalue weighted by Crippen LogP contribution is 2.25. The van der Waals surface area contributed by atoms with Crippen molar-refractivity contribution in [2.24, 2.45) is 0 Å². The summed E-state index contributed by atoms with van der Waals surface area (Å²) >= 11 is 0. The largest absolute Gasteiger partial charge is 0.458 e. The van der Waals surface area contributed by atoms with E-state index >= 15 is 0 Å². The molecule has 21 heavy (non-hydrogen) atoms. The first-order valence-corrected chi connectivity index (χ1v) is 6.92. The van der Waals surface area contributed by atoms with Crippen molar-refractivity contribution in [2.75, 3.05) is 0 Å². The van der Waals surface area contributed by atoms with Gasteiger partial charge in [-0.15, -0.1) is 0 Å². The van der Waals surface area contributed by atoms with Crippen molar-refractivity contribution in [2.45, 2.75) is 71.2 Å². The molecule has 0 aromatic carbocycles. The van der Waals surface area contributed by atoms with E-state index in [1.54, 1.807) is 34.6 Å². The monoisotopic (exact) mass is 300 g/mol. The molecule has 2 amide bonds. The van der Waals surface area contributed by atoms with E-state index in [-0.39, 0.29) is 0 Å². The van der Waals surface area contributed by atoms with Crippen molar-refractivity contribution in [3.05, 3.63) is 0 Å². The number of hydrogen-bond donors (Lipinski definition) is 2. The SMILES string of the molecule is C[C@H](NC(=O)OC(C)(C)C)C(=O)N[C@H]1CC(C)(C)OC1=O. The predicted molar refractivity (Wildman–Crippen MR) is 75.6 cm³/mol. The number of carbonyl (C=O) groups excluding carboxylic acids is 3. The third-order valence-corrected chi connectivity index (χ3v) is 2.80. The number of rotatable bonds is 3. The molecule has 0 unspecified atom stereocenters. The second-order valence-corrected chi connectivity index (χ2v) is 6.81. The minimum atomic E-state index is -0.809. The van der Waals surface area contributed by atoms with E-state index in [2.05, 4.69) is 10.6 Å². The molecule has 7 heteroatoms. The van der Waals surface area contributed by atoms with Crippen LogP contribution in [0, 0.1) is 0 Å². The van der Waals surface area contributed by atoms with E-state index in [0.29, 0.717) is 6.42 Å². The second-order valence-electron chi connectivity index (χ2n) is 6.81. The molecule has 0 aromatic rings. The highest BCUT2D eigenvalue weighted by atomic mass is 16.6. The fraction of sp³-hybridized carbons (Fsp3) is 0.786. The maximum absolute atomic E-state index is 12.0. The summed E-state index contributed by atoms with van der Waals surface area (Å²) < 4.78 is 10.2. The molecule has 0 radical (unpaired) electrons. The molecule has 7 nitrogen and oxygen atoms in total. The third-order valence-electron chi connectivity index (χ3n) is 2.80. The summed E-state index contributed by atoms with van der Waals surface area (Å²) in [5.41, 5.74) is -1.23. The van der Waals surface area contributed by atoms with E-state index in [9.17, 15) is 14.4 Å². The molecule has 0 aromatic heterocycles. The van der Waals surface area contributed by atoms with Gasteiger partial charge in [-0.3, -0.25) is 4.79 Å². The zero-order chi connectivity index (χ0) is 16.4. The summed E-state index contributed by atoms with van der Waals surface area (Å²) in [6.45, 7) is 10.3. The first-order chi connectivity index (χ1) is 9.39. The summed E-state index contributed by atoms with van der Waals surface area (Å²) in [6, 6.07) is -1.49. The Morgan fingerprint density at radius 1 is 1.38 bits per heavy atom. The molecular formula is C14H24N2O5. The highest BCUT2D eigenvalue weighted by molar-refractivity contribution is 5.90. The quantitative estimate of drug-likeness (QED) is 0.762. The van der Waals surface area contributed by atoms with Crippen LogP contribution in [0.25, 0.3) is 0 Å². The predicted octanol–water partition coefficient (Wildman–Crippen LogP) is 1.11. The van der Waals surface area contributed by atoms with Crippen LogP contribution in [0.5, 0.6) is 0 Å². The lowest BCUT2D eigenvalue weighted by Crippen LogP contribution is -2.50. The van der Waals surface area contributed by atoms with Crippen molar-refractivity contribution in [1.29, 1.82) is 0 Å². The van der Waals surface area contributed by atoms with E-state index in [0.717, 1.165) is 0 Å². The minimum absolute atomic E-state index is 0.400. The number of amides is 2. The third kappa shape index (κ3) is 5.61. The standard InChI is InChI=1S/C14H24N2O5/c1-8(15-12(19)21-13(2,3)4)10(17)16-9-7-14(5,6)20-11(9)18/h8-9H,7H2,1-6H3,(H,15,19)(H,16,17)/t8-,9-/m0/s1. The van der Waals surface area contributed by atoms with Gasteiger partial charge in [0.1, 0.15) is 23.3 Å². The molecule has 0 bridgehead atoms. The first kappa shape index (κ1) is 17.3. The number of nitrogens with one attached hydrogen (secondary N) is 2. The Kier molecular flexibility index (Phi) is 4.86. The zero-order valence-corrected chi connectivity index (χ0v) is 13.4. The van der Waals surface area contributed by atoms with Crippen LogP contribution in [0.15, 0.2) is 0 Å². The zero-order valence-electron chi connectivity index (χ0n) is 13.4. The molecule has 0 aliphatic carbocycles.